The molecule has 1 saturated carbocycles. The summed E-state index contributed by atoms with van der Waals surface area (Å²) in [7, 11) is 0. The van der Waals surface area contributed by atoms with E-state index in [1.807, 2.05) is 6.92 Å². The van der Waals surface area contributed by atoms with Crippen LogP contribution in [0, 0.1) is 10.1 Å². The molecule has 0 amide bonds. The molecule has 6 nitrogen and oxygen atoms in total. The fourth-order valence-corrected chi connectivity index (χ4v) is 2.80. The Bertz CT molecular complexity index is 469. The zero-order valence-corrected chi connectivity index (χ0v) is 11.9. The molecule has 0 aliphatic heterocycles. The molecule has 1 heterocycles. The number of nitrogens with zero attached hydrogens (tertiary/aromatic N) is 3. The van der Waals surface area contributed by atoms with Crippen molar-refractivity contribution >= 4 is 17.3 Å². The molecule has 1 aliphatic carbocycles. The molecule has 19 heavy (non-hydrogen) atoms. The van der Waals surface area contributed by atoms with Gasteiger partial charge in [0.2, 0.25) is 5.15 Å². The summed E-state index contributed by atoms with van der Waals surface area (Å²) in [6.07, 6.45) is 5.15. The second kappa shape index (κ2) is 5.46. The molecule has 0 radical (unpaired) electrons. The molecule has 0 spiro atoms. The summed E-state index contributed by atoms with van der Waals surface area (Å²) in [4.78, 5) is 10.2. The van der Waals surface area contributed by atoms with Crippen LogP contribution in [0.2, 0.25) is 5.15 Å². The molecule has 0 saturated heterocycles. The van der Waals surface area contributed by atoms with Crippen molar-refractivity contribution in [1.82, 2.24) is 9.78 Å². The van der Waals surface area contributed by atoms with Gasteiger partial charge in [-0.3, -0.25) is 10.1 Å². The molecule has 1 fully saturated rings. The van der Waals surface area contributed by atoms with Crippen LogP contribution in [-0.2, 0) is 10.3 Å². The summed E-state index contributed by atoms with van der Waals surface area (Å²) in [5.74, 6) is 0. The van der Waals surface area contributed by atoms with E-state index >= 15 is 0 Å². The van der Waals surface area contributed by atoms with Crippen LogP contribution in [0.3, 0.4) is 0 Å². The summed E-state index contributed by atoms with van der Waals surface area (Å²) in [6, 6.07) is 0. The first-order valence-corrected chi connectivity index (χ1v) is 6.85. The maximum absolute atomic E-state index is 10.8. The monoisotopic (exact) mass is 287 g/mol. The molecule has 106 valence electrons. The van der Waals surface area contributed by atoms with Crippen LogP contribution in [0.4, 0.5) is 5.69 Å². The molecule has 0 bridgehead atoms. The lowest BCUT2D eigenvalue weighted by Crippen LogP contribution is -2.48. The van der Waals surface area contributed by atoms with Crippen molar-refractivity contribution in [2.45, 2.75) is 51.2 Å². The van der Waals surface area contributed by atoms with Gasteiger partial charge < -0.3 is 4.74 Å². The molecule has 0 unspecified atom stereocenters. The van der Waals surface area contributed by atoms with Gasteiger partial charge in [0.15, 0.2) is 0 Å². The molecule has 1 aliphatic rings. The average molecular weight is 288 g/mol. The highest BCUT2D eigenvalue weighted by atomic mass is 35.5. The summed E-state index contributed by atoms with van der Waals surface area (Å²) in [5, 5.41) is 14.9. The molecule has 0 atom stereocenters. The van der Waals surface area contributed by atoms with E-state index in [1.54, 1.807) is 4.68 Å². The second-order valence-corrected chi connectivity index (χ2v) is 5.60. The van der Waals surface area contributed by atoms with Crippen LogP contribution >= 0.6 is 11.6 Å². The van der Waals surface area contributed by atoms with Crippen LogP contribution in [0.1, 0.15) is 39.5 Å². The number of rotatable bonds is 6. The van der Waals surface area contributed by atoms with Crippen molar-refractivity contribution < 1.29 is 9.66 Å². The van der Waals surface area contributed by atoms with Crippen LogP contribution < -0.4 is 0 Å². The van der Waals surface area contributed by atoms with Crippen LogP contribution in [0.5, 0.6) is 0 Å². The fraction of sp³-hybridized carbons (Fsp3) is 0.750. The largest absolute Gasteiger partial charge is 0.378 e. The van der Waals surface area contributed by atoms with E-state index in [0.29, 0.717) is 0 Å². The molecule has 7 heteroatoms. The molecular formula is C12H18ClN3O3. The van der Waals surface area contributed by atoms with Crippen molar-refractivity contribution in [3.8, 4) is 0 Å². The number of nitro groups is 1. The van der Waals surface area contributed by atoms with Crippen molar-refractivity contribution in [2.24, 2.45) is 0 Å². The molecule has 1 aromatic heterocycles. The zero-order valence-electron chi connectivity index (χ0n) is 11.1. The Morgan fingerprint density at radius 3 is 2.89 bits per heavy atom. The topological polar surface area (TPSA) is 70.2 Å². The van der Waals surface area contributed by atoms with Gasteiger partial charge in [-0.05, 0) is 26.2 Å². The highest BCUT2D eigenvalue weighted by molar-refractivity contribution is 6.31. The van der Waals surface area contributed by atoms with Crippen molar-refractivity contribution in [3.05, 3.63) is 21.5 Å². The van der Waals surface area contributed by atoms with E-state index in [2.05, 4.69) is 12.0 Å². The molecule has 2 rings (SSSR count). The minimum atomic E-state index is -0.511. The quantitative estimate of drug-likeness (QED) is 0.458. The Morgan fingerprint density at radius 1 is 1.68 bits per heavy atom. The van der Waals surface area contributed by atoms with Gasteiger partial charge in [0.05, 0.1) is 16.6 Å². The Hall–Kier alpha value is -1.14. The maximum Gasteiger partial charge on any atom is 0.325 e. The van der Waals surface area contributed by atoms with E-state index in [9.17, 15) is 10.1 Å². The molecule has 0 aromatic carbocycles. The highest BCUT2D eigenvalue weighted by Gasteiger charge is 2.45. The predicted molar refractivity (Wildman–Crippen MR) is 71.4 cm³/mol. The third kappa shape index (κ3) is 2.74. The van der Waals surface area contributed by atoms with E-state index in [4.69, 9.17) is 16.3 Å². The van der Waals surface area contributed by atoms with Gasteiger partial charge in [-0.2, -0.15) is 5.10 Å². The Balaban J connectivity index is 1.98. The van der Waals surface area contributed by atoms with Crippen molar-refractivity contribution in [2.75, 3.05) is 6.61 Å². The summed E-state index contributed by atoms with van der Waals surface area (Å²) in [5.41, 5.74) is -0.416. The fourth-order valence-electron chi connectivity index (χ4n) is 2.43. The molecule has 0 N–H and O–H groups in total. The smallest absolute Gasteiger partial charge is 0.325 e. The first kappa shape index (κ1) is 14.3. The zero-order chi connectivity index (χ0) is 14.0. The lowest BCUT2D eigenvalue weighted by atomic mass is 9.76. The first-order chi connectivity index (χ1) is 8.98. The van der Waals surface area contributed by atoms with Gasteiger partial charge in [0, 0.05) is 6.61 Å². The lowest BCUT2D eigenvalue weighted by Gasteiger charge is -2.45. The van der Waals surface area contributed by atoms with Gasteiger partial charge in [-0.25, -0.2) is 4.68 Å². The summed E-state index contributed by atoms with van der Waals surface area (Å²) in [6.45, 7) is 4.89. The third-order valence-electron chi connectivity index (χ3n) is 3.59. The van der Waals surface area contributed by atoms with E-state index in [1.165, 1.54) is 6.20 Å². The van der Waals surface area contributed by atoms with Gasteiger partial charge in [0.25, 0.3) is 0 Å². The van der Waals surface area contributed by atoms with E-state index < -0.39 is 4.92 Å². The number of hydrogen-bond donors (Lipinski definition) is 0. The summed E-state index contributed by atoms with van der Waals surface area (Å²) >= 11 is 6.01. The first-order valence-electron chi connectivity index (χ1n) is 6.48. The van der Waals surface area contributed by atoms with E-state index in [0.717, 1.165) is 32.3 Å². The van der Waals surface area contributed by atoms with Crippen LogP contribution in [0.25, 0.3) is 0 Å². The number of unbranched alkanes of at least 4 members (excludes halogenated alkanes) is 1. The van der Waals surface area contributed by atoms with Crippen LogP contribution in [-0.4, -0.2) is 27.4 Å². The normalized spacial score (nSPS) is 26.2. The predicted octanol–water partition coefficient (Wildman–Crippen LogP) is 3.14. The minimum absolute atomic E-state index is 0.0968. The second-order valence-electron chi connectivity index (χ2n) is 5.24. The Morgan fingerprint density at radius 2 is 2.37 bits per heavy atom. The van der Waals surface area contributed by atoms with E-state index in [-0.39, 0.29) is 22.5 Å². The number of halogens is 1. The average Bonchev–Trinajstić information content (AvgIpc) is 2.69. The standard InChI is InChI=1S/C12H18ClN3O3/c1-3-4-5-19-9-6-12(2,7-9)15-11(13)10(8-14-15)16(17)18/h8-9H,3-7H2,1-2H3. The SMILES string of the molecule is CCCCOC1CC(C)(n2ncc([N+](=O)[O-])c2Cl)C1. The third-order valence-corrected chi connectivity index (χ3v) is 3.94. The Labute approximate surface area is 116 Å². The minimum Gasteiger partial charge on any atom is -0.378 e. The van der Waals surface area contributed by atoms with Gasteiger partial charge in [0.1, 0.15) is 6.20 Å². The lowest BCUT2D eigenvalue weighted by molar-refractivity contribution is -0.384. The van der Waals surface area contributed by atoms with Gasteiger partial charge >= 0.3 is 5.69 Å². The van der Waals surface area contributed by atoms with Gasteiger partial charge in [-0.15, -0.1) is 0 Å². The number of aromatic nitrogens is 2. The van der Waals surface area contributed by atoms with Gasteiger partial charge in [-0.1, -0.05) is 24.9 Å². The molecule has 1 aromatic rings. The van der Waals surface area contributed by atoms with Crippen LogP contribution in [0.15, 0.2) is 6.20 Å². The Kier molecular flexibility index (Phi) is 4.10. The number of ether oxygens (including phenoxy) is 1. The van der Waals surface area contributed by atoms with Crippen molar-refractivity contribution in [3.63, 3.8) is 0 Å². The number of hydrogen-bond acceptors (Lipinski definition) is 4. The maximum atomic E-state index is 10.8. The molecular weight excluding hydrogens is 270 g/mol. The highest BCUT2D eigenvalue weighted by Crippen LogP contribution is 2.43. The summed E-state index contributed by atoms with van der Waals surface area (Å²) < 4.78 is 7.26. The van der Waals surface area contributed by atoms with Crippen molar-refractivity contribution in [1.29, 1.82) is 0 Å².